The van der Waals surface area contributed by atoms with Crippen LogP contribution in [0.1, 0.15) is 17.7 Å². The van der Waals surface area contributed by atoms with E-state index in [1.54, 1.807) is 18.3 Å². The average molecular weight is 362 g/mol. The van der Waals surface area contributed by atoms with Gasteiger partial charge in [-0.15, -0.1) is 0 Å². The number of carbonyl (C=O) groups excluding carboxylic acids is 1. The zero-order valence-corrected chi connectivity index (χ0v) is 14.4. The molecule has 0 aromatic carbocycles. The standard InChI is InChI=1S/C19H15FN6O/c1-9-7-23-11(6-21)4-12(9)16-2-10-3-17(24-8-14(10)18(22)25-16)26-19(27)13-5-15(13)20/h2-4,7-8,13,15H,5H2,1H3,(H2,22,25)(H,24,26,27)/t13?,15-/m1/s1. The number of carbonyl (C=O) groups is 1. The number of nitrogens with two attached hydrogens (primary N) is 1. The number of nitrogen functional groups attached to an aromatic ring is 1. The van der Waals surface area contributed by atoms with Crippen LogP contribution in [0.15, 0.2) is 30.6 Å². The first-order valence-corrected chi connectivity index (χ1v) is 8.34. The largest absolute Gasteiger partial charge is 0.383 e. The molecule has 2 atom stereocenters. The number of pyridine rings is 3. The van der Waals surface area contributed by atoms with Crippen molar-refractivity contribution in [2.75, 3.05) is 11.1 Å². The number of aryl methyl sites for hydroxylation is 1. The molecular formula is C19H15FN6O. The third-order valence-electron chi connectivity index (χ3n) is 4.54. The second kappa shape index (κ2) is 6.29. The zero-order valence-electron chi connectivity index (χ0n) is 14.4. The lowest BCUT2D eigenvalue weighted by molar-refractivity contribution is -0.117. The topological polar surface area (TPSA) is 118 Å². The average Bonchev–Trinajstić information content (AvgIpc) is 3.38. The van der Waals surface area contributed by atoms with Gasteiger partial charge >= 0.3 is 0 Å². The fourth-order valence-corrected chi connectivity index (χ4v) is 2.90. The molecule has 1 fully saturated rings. The first kappa shape index (κ1) is 16.8. The van der Waals surface area contributed by atoms with Crippen molar-refractivity contribution in [3.63, 3.8) is 0 Å². The van der Waals surface area contributed by atoms with Crippen LogP contribution < -0.4 is 11.1 Å². The number of halogens is 1. The summed E-state index contributed by atoms with van der Waals surface area (Å²) in [6.45, 7) is 1.87. The van der Waals surface area contributed by atoms with Crippen LogP contribution in [0.3, 0.4) is 0 Å². The predicted molar refractivity (Wildman–Crippen MR) is 98.3 cm³/mol. The maximum Gasteiger partial charge on any atom is 0.231 e. The summed E-state index contributed by atoms with van der Waals surface area (Å²) in [6, 6.07) is 7.14. The highest BCUT2D eigenvalue weighted by atomic mass is 19.1. The molecule has 8 heteroatoms. The Morgan fingerprint density at radius 1 is 1.33 bits per heavy atom. The van der Waals surface area contributed by atoms with E-state index in [9.17, 15) is 9.18 Å². The number of anilines is 2. The van der Waals surface area contributed by atoms with Crippen LogP contribution in [0.25, 0.3) is 22.0 Å². The molecule has 27 heavy (non-hydrogen) atoms. The van der Waals surface area contributed by atoms with Gasteiger partial charge in [-0.3, -0.25) is 4.79 Å². The highest BCUT2D eigenvalue weighted by Gasteiger charge is 2.43. The summed E-state index contributed by atoms with van der Waals surface area (Å²) in [5.41, 5.74) is 8.54. The van der Waals surface area contributed by atoms with E-state index in [2.05, 4.69) is 20.3 Å². The number of hydrogen-bond donors (Lipinski definition) is 2. The van der Waals surface area contributed by atoms with Crippen LogP contribution in [-0.4, -0.2) is 27.0 Å². The molecular weight excluding hydrogens is 347 g/mol. The molecule has 3 heterocycles. The summed E-state index contributed by atoms with van der Waals surface area (Å²) in [4.78, 5) is 24.5. The Balaban J connectivity index is 1.75. The summed E-state index contributed by atoms with van der Waals surface area (Å²) >= 11 is 0. The van der Waals surface area contributed by atoms with Crippen molar-refractivity contribution in [3.8, 4) is 17.3 Å². The van der Waals surface area contributed by atoms with E-state index in [4.69, 9.17) is 11.0 Å². The Kier molecular flexibility index (Phi) is 3.92. The molecule has 0 radical (unpaired) electrons. The number of nitrogens with zero attached hydrogens (tertiary/aromatic N) is 4. The van der Waals surface area contributed by atoms with Crippen molar-refractivity contribution >= 4 is 28.3 Å². The molecule has 1 saturated carbocycles. The molecule has 4 rings (SSSR count). The number of hydrogen-bond acceptors (Lipinski definition) is 6. The Morgan fingerprint density at radius 2 is 2.11 bits per heavy atom. The minimum absolute atomic E-state index is 0.253. The van der Waals surface area contributed by atoms with Crippen LogP contribution in [0.2, 0.25) is 0 Å². The highest BCUT2D eigenvalue weighted by Crippen LogP contribution is 2.35. The van der Waals surface area contributed by atoms with Crippen molar-refractivity contribution in [3.05, 3.63) is 41.9 Å². The van der Waals surface area contributed by atoms with Crippen LogP contribution in [0.5, 0.6) is 0 Å². The molecule has 1 aliphatic rings. The summed E-state index contributed by atoms with van der Waals surface area (Å²) < 4.78 is 13.0. The van der Waals surface area contributed by atoms with Crippen LogP contribution >= 0.6 is 0 Å². The first-order chi connectivity index (χ1) is 13.0. The number of aromatic nitrogens is 3. The van der Waals surface area contributed by atoms with Crippen molar-refractivity contribution in [1.82, 2.24) is 15.0 Å². The van der Waals surface area contributed by atoms with Crippen molar-refractivity contribution in [2.24, 2.45) is 5.92 Å². The van der Waals surface area contributed by atoms with E-state index in [1.165, 1.54) is 6.20 Å². The smallest absolute Gasteiger partial charge is 0.231 e. The van der Waals surface area contributed by atoms with E-state index < -0.39 is 12.1 Å². The lowest BCUT2D eigenvalue weighted by atomic mass is 10.0. The monoisotopic (exact) mass is 362 g/mol. The van der Waals surface area contributed by atoms with Crippen LogP contribution in [0.4, 0.5) is 16.0 Å². The van der Waals surface area contributed by atoms with Gasteiger partial charge in [-0.05, 0) is 42.5 Å². The second-order valence-corrected chi connectivity index (χ2v) is 6.53. The number of fused-ring (bicyclic) bond motifs is 1. The number of nitriles is 1. The highest BCUT2D eigenvalue weighted by molar-refractivity contribution is 5.98. The molecule has 3 aromatic rings. The van der Waals surface area contributed by atoms with E-state index in [-0.39, 0.29) is 23.8 Å². The van der Waals surface area contributed by atoms with E-state index in [0.29, 0.717) is 16.9 Å². The van der Waals surface area contributed by atoms with Gasteiger partial charge in [0.2, 0.25) is 5.91 Å². The molecule has 134 valence electrons. The molecule has 3 N–H and O–H groups in total. The third kappa shape index (κ3) is 3.15. The van der Waals surface area contributed by atoms with Gasteiger partial charge in [-0.1, -0.05) is 0 Å². The van der Waals surface area contributed by atoms with Crippen molar-refractivity contribution in [1.29, 1.82) is 5.26 Å². The minimum atomic E-state index is -1.07. The number of alkyl halides is 1. The lowest BCUT2D eigenvalue weighted by Crippen LogP contribution is -2.15. The molecule has 1 amide bonds. The Hall–Kier alpha value is -3.60. The maximum absolute atomic E-state index is 13.0. The van der Waals surface area contributed by atoms with Gasteiger partial charge in [0.25, 0.3) is 0 Å². The van der Waals surface area contributed by atoms with Crippen molar-refractivity contribution in [2.45, 2.75) is 19.5 Å². The van der Waals surface area contributed by atoms with Gasteiger partial charge in [-0.25, -0.2) is 19.3 Å². The van der Waals surface area contributed by atoms with Crippen LogP contribution in [0, 0.1) is 24.2 Å². The predicted octanol–water partition coefficient (Wildman–Crippen LogP) is 2.75. The van der Waals surface area contributed by atoms with Gasteiger partial charge in [-0.2, -0.15) is 5.26 Å². The summed E-state index contributed by atoms with van der Waals surface area (Å²) in [6.07, 6.45) is 2.32. The van der Waals surface area contributed by atoms with Gasteiger partial charge in [0.05, 0.1) is 11.6 Å². The Morgan fingerprint density at radius 3 is 2.81 bits per heavy atom. The van der Waals surface area contributed by atoms with Gasteiger partial charge < -0.3 is 11.1 Å². The van der Waals surface area contributed by atoms with Crippen LogP contribution in [-0.2, 0) is 4.79 Å². The summed E-state index contributed by atoms with van der Waals surface area (Å²) in [5.74, 6) is -0.356. The minimum Gasteiger partial charge on any atom is -0.383 e. The van der Waals surface area contributed by atoms with Gasteiger partial charge in [0, 0.05) is 23.3 Å². The molecule has 1 aliphatic carbocycles. The van der Waals surface area contributed by atoms with E-state index in [1.807, 2.05) is 19.1 Å². The zero-order chi connectivity index (χ0) is 19.1. The molecule has 0 saturated heterocycles. The van der Waals surface area contributed by atoms with E-state index >= 15 is 0 Å². The molecule has 0 bridgehead atoms. The van der Waals surface area contributed by atoms with Crippen molar-refractivity contribution < 1.29 is 9.18 Å². The summed E-state index contributed by atoms with van der Waals surface area (Å²) in [7, 11) is 0. The second-order valence-electron chi connectivity index (χ2n) is 6.53. The number of amides is 1. The maximum atomic E-state index is 13.0. The lowest BCUT2D eigenvalue weighted by Gasteiger charge is -2.10. The summed E-state index contributed by atoms with van der Waals surface area (Å²) in [5, 5.41) is 13.1. The fraction of sp³-hybridized carbons (Fsp3) is 0.211. The molecule has 0 spiro atoms. The normalized spacial score (nSPS) is 18.1. The quantitative estimate of drug-likeness (QED) is 0.740. The molecule has 1 unspecified atom stereocenters. The van der Waals surface area contributed by atoms with Gasteiger partial charge in [0.1, 0.15) is 29.6 Å². The molecule has 7 nitrogen and oxygen atoms in total. The molecule has 0 aliphatic heterocycles. The number of nitrogens with one attached hydrogen (secondary N) is 1. The first-order valence-electron chi connectivity index (χ1n) is 8.34. The fourth-order valence-electron chi connectivity index (χ4n) is 2.90. The molecule has 3 aromatic heterocycles. The van der Waals surface area contributed by atoms with E-state index in [0.717, 1.165) is 16.5 Å². The van der Waals surface area contributed by atoms with Gasteiger partial charge in [0.15, 0.2) is 0 Å². The Bertz CT molecular complexity index is 1120. The number of rotatable bonds is 3. The SMILES string of the molecule is Cc1cnc(C#N)cc1-c1cc2cc(NC(=O)C3C[C@H]3F)ncc2c(N)n1. The Labute approximate surface area is 154 Å². The third-order valence-corrected chi connectivity index (χ3v) is 4.54.